The van der Waals surface area contributed by atoms with Crippen LogP contribution in [0.5, 0.6) is 5.75 Å². The molecular weight excluding hydrogens is 263 g/mol. The Hall–Kier alpha value is -2.37. The van der Waals surface area contributed by atoms with Gasteiger partial charge in [0.1, 0.15) is 11.5 Å². The SMILES string of the molecule is O=c1c(O)c(N2CCN(c3ccccc3F)CC2)c1=O. The van der Waals surface area contributed by atoms with Gasteiger partial charge in [-0.05, 0) is 12.1 Å². The number of halogens is 1. The molecule has 0 atom stereocenters. The predicted molar refractivity (Wildman–Crippen MR) is 73.8 cm³/mol. The van der Waals surface area contributed by atoms with Crippen LogP contribution in [-0.4, -0.2) is 31.3 Å². The van der Waals surface area contributed by atoms with Crippen molar-refractivity contribution in [2.45, 2.75) is 0 Å². The molecule has 1 heterocycles. The number of piperazine rings is 1. The van der Waals surface area contributed by atoms with E-state index in [1.807, 2.05) is 4.90 Å². The standard InChI is InChI=1S/C14H13FN2O3/c15-9-3-1-2-4-10(9)16-5-7-17(8-6-16)11-12(18)14(20)13(11)19/h1-4,18H,5-8H2. The summed E-state index contributed by atoms with van der Waals surface area (Å²) in [5, 5.41) is 9.42. The number of hydrogen-bond acceptors (Lipinski definition) is 5. The van der Waals surface area contributed by atoms with Gasteiger partial charge in [0.2, 0.25) is 0 Å². The molecule has 3 rings (SSSR count). The van der Waals surface area contributed by atoms with Gasteiger partial charge in [-0.15, -0.1) is 0 Å². The molecule has 2 aromatic rings. The number of aromatic hydroxyl groups is 1. The number of rotatable bonds is 2. The largest absolute Gasteiger partial charge is 0.502 e. The number of benzene rings is 1. The predicted octanol–water partition coefficient (Wildman–Crippen LogP) is 0.454. The summed E-state index contributed by atoms with van der Waals surface area (Å²) >= 11 is 0. The highest BCUT2D eigenvalue weighted by molar-refractivity contribution is 5.64. The summed E-state index contributed by atoms with van der Waals surface area (Å²) < 4.78 is 13.7. The van der Waals surface area contributed by atoms with Crippen molar-refractivity contribution in [3.05, 3.63) is 50.5 Å². The van der Waals surface area contributed by atoms with E-state index in [1.165, 1.54) is 6.07 Å². The first-order valence-corrected chi connectivity index (χ1v) is 6.36. The number of anilines is 2. The molecule has 0 radical (unpaired) electrons. The lowest BCUT2D eigenvalue weighted by atomic mass is 10.1. The van der Waals surface area contributed by atoms with Crippen LogP contribution in [0, 0.1) is 5.82 Å². The first kappa shape index (κ1) is 12.7. The molecule has 0 spiro atoms. The zero-order chi connectivity index (χ0) is 14.3. The van der Waals surface area contributed by atoms with Crippen LogP contribution in [0.4, 0.5) is 15.8 Å². The van der Waals surface area contributed by atoms with Crippen LogP contribution in [0.2, 0.25) is 0 Å². The molecule has 1 aliphatic rings. The van der Waals surface area contributed by atoms with Crippen LogP contribution in [0.3, 0.4) is 0 Å². The van der Waals surface area contributed by atoms with Crippen molar-refractivity contribution in [3.8, 4) is 5.75 Å². The second-order valence-electron chi connectivity index (χ2n) is 4.78. The summed E-state index contributed by atoms with van der Waals surface area (Å²) in [7, 11) is 0. The normalized spacial score (nSPS) is 15.8. The number of para-hydroxylation sites is 1. The van der Waals surface area contributed by atoms with Crippen molar-refractivity contribution < 1.29 is 9.50 Å². The van der Waals surface area contributed by atoms with E-state index in [2.05, 4.69) is 0 Å². The van der Waals surface area contributed by atoms with Crippen molar-refractivity contribution in [2.24, 2.45) is 0 Å². The number of hydrogen-bond donors (Lipinski definition) is 1. The summed E-state index contributed by atoms with van der Waals surface area (Å²) in [4.78, 5) is 26.0. The van der Waals surface area contributed by atoms with E-state index in [9.17, 15) is 19.1 Å². The van der Waals surface area contributed by atoms with E-state index < -0.39 is 16.6 Å². The second kappa shape index (κ2) is 4.63. The summed E-state index contributed by atoms with van der Waals surface area (Å²) in [6.07, 6.45) is 0. The first-order chi connectivity index (χ1) is 9.59. The molecular formula is C14H13FN2O3. The first-order valence-electron chi connectivity index (χ1n) is 6.36. The molecule has 0 aromatic heterocycles. The van der Waals surface area contributed by atoms with Crippen molar-refractivity contribution in [3.63, 3.8) is 0 Å². The summed E-state index contributed by atoms with van der Waals surface area (Å²) in [6.45, 7) is 1.98. The quantitative estimate of drug-likeness (QED) is 0.807. The van der Waals surface area contributed by atoms with Gasteiger partial charge >= 0.3 is 0 Å². The third kappa shape index (κ3) is 1.84. The lowest BCUT2D eigenvalue weighted by Gasteiger charge is -2.37. The Morgan fingerprint density at radius 2 is 1.55 bits per heavy atom. The van der Waals surface area contributed by atoms with E-state index in [0.717, 1.165) is 0 Å². The zero-order valence-corrected chi connectivity index (χ0v) is 10.7. The second-order valence-corrected chi connectivity index (χ2v) is 4.78. The van der Waals surface area contributed by atoms with Crippen molar-refractivity contribution >= 4 is 11.4 Å². The van der Waals surface area contributed by atoms with Gasteiger partial charge in [-0.3, -0.25) is 9.59 Å². The van der Waals surface area contributed by atoms with Crippen LogP contribution in [0.1, 0.15) is 0 Å². The maximum Gasteiger partial charge on any atom is 0.271 e. The van der Waals surface area contributed by atoms with Crippen LogP contribution < -0.4 is 20.7 Å². The van der Waals surface area contributed by atoms with Gasteiger partial charge in [-0.1, -0.05) is 12.1 Å². The Bertz CT molecular complexity index is 713. The van der Waals surface area contributed by atoms with Gasteiger partial charge in [0, 0.05) is 26.2 Å². The molecule has 1 saturated heterocycles. The summed E-state index contributed by atoms with van der Waals surface area (Å²) in [5.74, 6) is -0.729. The van der Waals surface area contributed by atoms with E-state index in [-0.39, 0.29) is 11.5 Å². The van der Waals surface area contributed by atoms with E-state index in [0.29, 0.717) is 31.9 Å². The summed E-state index contributed by atoms with van der Waals surface area (Å²) in [5.41, 5.74) is -0.831. The minimum absolute atomic E-state index is 0.100. The molecule has 20 heavy (non-hydrogen) atoms. The van der Waals surface area contributed by atoms with E-state index in [4.69, 9.17) is 0 Å². The Morgan fingerprint density at radius 1 is 0.950 bits per heavy atom. The molecule has 1 fully saturated rings. The molecule has 0 amide bonds. The molecule has 1 aliphatic heterocycles. The molecule has 0 bridgehead atoms. The molecule has 1 N–H and O–H groups in total. The van der Waals surface area contributed by atoms with E-state index in [1.54, 1.807) is 23.1 Å². The van der Waals surface area contributed by atoms with Crippen LogP contribution in [-0.2, 0) is 0 Å². The summed E-state index contributed by atoms with van der Waals surface area (Å²) in [6, 6.07) is 6.52. The van der Waals surface area contributed by atoms with Crippen LogP contribution >= 0.6 is 0 Å². The fraction of sp³-hybridized carbons (Fsp3) is 0.286. The third-order valence-electron chi connectivity index (χ3n) is 3.65. The number of nitrogens with zero attached hydrogens (tertiary/aromatic N) is 2. The van der Waals surface area contributed by atoms with E-state index >= 15 is 0 Å². The molecule has 2 aromatic carbocycles. The molecule has 6 heteroatoms. The fourth-order valence-corrected chi connectivity index (χ4v) is 2.54. The van der Waals surface area contributed by atoms with Crippen molar-refractivity contribution in [2.75, 3.05) is 36.0 Å². The monoisotopic (exact) mass is 276 g/mol. The average molecular weight is 276 g/mol. The smallest absolute Gasteiger partial charge is 0.271 e. The fourth-order valence-electron chi connectivity index (χ4n) is 2.54. The highest BCUT2D eigenvalue weighted by Gasteiger charge is 2.28. The Kier molecular flexibility index (Phi) is 2.93. The molecule has 104 valence electrons. The lowest BCUT2D eigenvalue weighted by molar-refractivity contribution is 0.459. The zero-order valence-electron chi connectivity index (χ0n) is 10.7. The van der Waals surface area contributed by atoms with Crippen LogP contribution in [0.15, 0.2) is 33.9 Å². The lowest BCUT2D eigenvalue weighted by Crippen LogP contribution is -2.50. The molecule has 0 saturated carbocycles. The van der Waals surface area contributed by atoms with Gasteiger partial charge in [0.25, 0.3) is 10.9 Å². The Labute approximate surface area is 114 Å². The highest BCUT2D eigenvalue weighted by atomic mass is 19.1. The van der Waals surface area contributed by atoms with Crippen LogP contribution in [0.25, 0.3) is 0 Å². The van der Waals surface area contributed by atoms with Gasteiger partial charge < -0.3 is 14.9 Å². The van der Waals surface area contributed by atoms with Gasteiger partial charge in [0.15, 0.2) is 5.75 Å². The van der Waals surface area contributed by atoms with Crippen molar-refractivity contribution in [1.82, 2.24) is 0 Å². The maximum absolute atomic E-state index is 13.7. The maximum atomic E-state index is 13.7. The van der Waals surface area contributed by atoms with Gasteiger partial charge in [-0.2, -0.15) is 0 Å². The third-order valence-corrected chi connectivity index (χ3v) is 3.65. The molecule has 0 unspecified atom stereocenters. The highest BCUT2D eigenvalue weighted by Crippen LogP contribution is 2.25. The average Bonchev–Trinajstić information content (AvgIpc) is 2.48. The minimum atomic E-state index is -0.823. The Morgan fingerprint density at radius 3 is 2.15 bits per heavy atom. The topological polar surface area (TPSA) is 60.9 Å². The minimum Gasteiger partial charge on any atom is -0.502 e. The molecule has 0 aliphatic carbocycles. The Balaban J connectivity index is 1.74. The van der Waals surface area contributed by atoms with Gasteiger partial charge in [0.05, 0.1) is 5.69 Å². The van der Waals surface area contributed by atoms with Gasteiger partial charge in [-0.25, -0.2) is 4.39 Å². The van der Waals surface area contributed by atoms with Crippen molar-refractivity contribution in [1.29, 1.82) is 0 Å². The molecule has 5 nitrogen and oxygen atoms in total.